The summed E-state index contributed by atoms with van der Waals surface area (Å²) in [7, 11) is 0. The first-order valence-corrected chi connectivity index (χ1v) is 8.81. The van der Waals surface area contributed by atoms with Crippen molar-refractivity contribution >= 4 is 23.0 Å². The predicted molar refractivity (Wildman–Crippen MR) is 102 cm³/mol. The molecule has 1 N–H and O–H groups in total. The fourth-order valence-electron chi connectivity index (χ4n) is 3.15. The molecule has 1 amide bonds. The van der Waals surface area contributed by atoms with E-state index in [-0.39, 0.29) is 17.4 Å². The molecule has 0 spiro atoms. The number of halogens is 1. The molecule has 0 aliphatic carbocycles. The van der Waals surface area contributed by atoms with E-state index in [1.54, 1.807) is 17.0 Å². The van der Waals surface area contributed by atoms with Crippen molar-refractivity contribution in [3.63, 3.8) is 0 Å². The fraction of sp³-hybridized carbons (Fsp3) is 0.316. The molecule has 142 valence electrons. The molecule has 1 heterocycles. The van der Waals surface area contributed by atoms with Gasteiger partial charge in [-0.1, -0.05) is 0 Å². The van der Waals surface area contributed by atoms with Crippen LogP contribution in [0.3, 0.4) is 0 Å². The van der Waals surface area contributed by atoms with Crippen LogP contribution in [0.4, 0.5) is 21.5 Å². The van der Waals surface area contributed by atoms with Gasteiger partial charge in [0.05, 0.1) is 4.92 Å². The van der Waals surface area contributed by atoms with E-state index >= 15 is 0 Å². The maximum atomic E-state index is 13.0. The Labute approximate surface area is 156 Å². The zero-order chi connectivity index (χ0) is 19.4. The molecule has 0 atom stereocenters. The van der Waals surface area contributed by atoms with Gasteiger partial charge in [0.2, 0.25) is 0 Å². The van der Waals surface area contributed by atoms with Crippen LogP contribution in [0.2, 0.25) is 0 Å². The van der Waals surface area contributed by atoms with Crippen LogP contribution in [-0.4, -0.2) is 48.5 Å². The summed E-state index contributed by atoms with van der Waals surface area (Å²) in [4.78, 5) is 27.1. The molecule has 1 aliphatic heterocycles. The molecule has 2 aromatic rings. The van der Waals surface area contributed by atoms with E-state index in [0.717, 1.165) is 5.69 Å². The third-order valence-electron chi connectivity index (χ3n) is 4.57. The Bertz CT molecular complexity index is 833. The summed E-state index contributed by atoms with van der Waals surface area (Å²) in [6, 6.07) is 10.6. The van der Waals surface area contributed by atoms with E-state index in [1.807, 2.05) is 6.92 Å². The highest BCUT2D eigenvalue weighted by Crippen LogP contribution is 2.30. The van der Waals surface area contributed by atoms with Gasteiger partial charge in [0.1, 0.15) is 11.5 Å². The van der Waals surface area contributed by atoms with Gasteiger partial charge in [0.15, 0.2) is 0 Å². The lowest BCUT2D eigenvalue weighted by Gasteiger charge is -2.36. The molecule has 0 unspecified atom stereocenters. The summed E-state index contributed by atoms with van der Waals surface area (Å²) in [5.74, 6) is -0.488. The van der Waals surface area contributed by atoms with Crippen molar-refractivity contribution in [2.24, 2.45) is 0 Å². The third-order valence-corrected chi connectivity index (χ3v) is 4.57. The van der Waals surface area contributed by atoms with Crippen molar-refractivity contribution in [3.8, 4) is 0 Å². The second-order valence-electron chi connectivity index (χ2n) is 6.28. The molecule has 2 aromatic carbocycles. The minimum Gasteiger partial charge on any atom is -0.380 e. The minimum absolute atomic E-state index is 0.0470. The van der Waals surface area contributed by atoms with E-state index in [4.69, 9.17) is 0 Å². The van der Waals surface area contributed by atoms with Crippen molar-refractivity contribution in [2.45, 2.75) is 6.92 Å². The van der Waals surface area contributed by atoms with Crippen LogP contribution >= 0.6 is 0 Å². The van der Waals surface area contributed by atoms with Gasteiger partial charge in [-0.05, 0) is 43.3 Å². The van der Waals surface area contributed by atoms with E-state index in [2.05, 4.69) is 10.2 Å². The second kappa shape index (κ2) is 8.03. The van der Waals surface area contributed by atoms with Gasteiger partial charge in [-0.3, -0.25) is 14.9 Å². The van der Waals surface area contributed by atoms with E-state index < -0.39 is 4.92 Å². The number of benzene rings is 2. The fourth-order valence-corrected chi connectivity index (χ4v) is 3.15. The smallest absolute Gasteiger partial charge is 0.292 e. The number of nitrogens with one attached hydrogen (secondary N) is 1. The number of nitro benzene ring substituents is 1. The van der Waals surface area contributed by atoms with Crippen LogP contribution in [0, 0.1) is 15.9 Å². The monoisotopic (exact) mass is 372 g/mol. The number of nitrogens with zero attached hydrogens (tertiary/aromatic N) is 3. The molecule has 3 rings (SSSR count). The lowest BCUT2D eigenvalue weighted by Crippen LogP contribution is -2.48. The standard InChI is InChI=1S/C19H21FN4O3/c1-2-21-17-13-16(7-8-18(17)24(26)27)22-9-11-23(12-10-22)19(25)14-3-5-15(20)6-4-14/h3-8,13,21H,2,9-12H2,1H3. The first kappa shape index (κ1) is 18.6. The summed E-state index contributed by atoms with van der Waals surface area (Å²) in [5.41, 5.74) is 1.88. The summed E-state index contributed by atoms with van der Waals surface area (Å²) in [6.45, 7) is 4.78. The summed E-state index contributed by atoms with van der Waals surface area (Å²) in [5, 5.41) is 14.2. The summed E-state index contributed by atoms with van der Waals surface area (Å²) in [6.07, 6.45) is 0. The van der Waals surface area contributed by atoms with Crippen molar-refractivity contribution in [2.75, 3.05) is 42.9 Å². The number of carbonyl (C=O) groups excluding carboxylic acids is 1. The molecule has 0 bridgehead atoms. The van der Waals surface area contributed by atoms with Gasteiger partial charge in [-0.25, -0.2) is 4.39 Å². The average molecular weight is 372 g/mol. The van der Waals surface area contributed by atoms with Gasteiger partial charge in [-0.15, -0.1) is 0 Å². The number of anilines is 2. The number of hydrogen-bond donors (Lipinski definition) is 1. The molecule has 27 heavy (non-hydrogen) atoms. The molecule has 7 nitrogen and oxygen atoms in total. The molecule has 1 fully saturated rings. The first-order chi connectivity index (χ1) is 13.0. The number of piperazine rings is 1. The largest absolute Gasteiger partial charge is 0.380 e. The molecule has 1 aliphatic rings. The zero-order valence-corrected chi connectivity index (χ0v) is 15.0. The van der Waals surface area contributed by atoms with Crippen LogP contribution < -0.4 is 10.2 Å². The molecule has 0 saturated carbocycles. The molecule has 0 aromatic heterocycles. The zero-order valence-electron chi connectivity index (χ0n) is 15.0. The van der Waals surface area contributed by atoms with Crippen LogP contribution in [-0.2, 0) is 0 Å². The molecule has 8 heteroatoms. The maximum absolute atomic E-state index is 13.0. The first-order valence-electron chi connectivity index (χ1n) is 8.81. The van der Waals surface area contributed by atoms with Crippen molar-refractivity contribution < 1.29 is 14.1 Å². The lowest BCUT2D eigenvalue weighted by atomic mass is 10.1. The highest BCUT2D eigenvalue weighted by atomic mass is 19.1. The van der Waals surface area contributed by atoms with Crippen LogP contribution in [0.5, 0.6) is 0 Å². The predicted octanol–water partition coefficient (Wildman–Crippen LogP) is 3.13. The van der Waals surface area contributed by atoms with Crippen molar-refractivity contribution in [1.82, 2.24) is 4.90 Å². The molecule has 0 radical (unpaired) electrons. The SMILES string of the molecule is CCNc1cc(N2CCN(C(=O)c3ccc(F)cc3)CC2)ccc1[N+](=O)[O-]. The molecular weight excluding hydrogens is 351 g/mol. The lowest BCUT2D eigenvalue weighted by molar-refractivity contribution is -0.383. The third kappa shape index (κ3) is 4.16. The maximum Gasteiger partial charge on any atom is 0.292 e. The Balaban J connectivity index is 1.68. The van der Waals surface area contributed by atoms with Gasteiger partial charge in [0.25, 0.3) is 11.6 Å². The van der Waals surface area contributed by atoms with E-state index in [1.165, 1.54) is 30.3 Å². The summed E-state index contributed by atoms with van der Waals surface area (Å²) >= 11 is 0. The van der Waals surface area contributed by atoms with Crippen LogP contribution in [0.25, 0.3) is 0 Å². The second-order valence-corrected chi connectivity index (χ2v) is 6.28. The Morgan fingerprint density at radius 2 is 1.81 bits per heavy atom. The highest BCUT2D eigenvalue weighted by molar-refractivity contribution is 5.94. The average Bonchev–Trinajstić information content (AvgIpc) is 2.68. The quantitative estimate of drug-likeness (QED) is 0.644. The van der Waals surface area contributed by atoms with Crippen LogP contribution in [0.15, 0.2) is 42.5 Å². The number of rotatable bonds is 5. The van der Waals surface area contributed by atoms with E-state index in [0.29, 0.717) is 44.0 Å². The normalized spacial score (nSPS) is 14.1. The minimum atomic E-state index is -0.402. The van der Waals surface area contributed by atoms with Crippen molar-refractivity contribution in [1.29, 1.82) is 0 Å². The summed E-state index contributed by atoms with van der Waals surface area (Å²) < 4.78 is 13.0. The van der Waals surface area contributed by atoms with E-state index in [9.17, 15) is 19.3 Å². The molecule has 1 saturated heterocycles. The highest BCUT2D eigenvalue weighted by Gasteiger charge is 2.23. The van der Waals surface area contributed by atoms with Gasteiger partial charge in [-0.2, -0.15) is 0 Å². The number of amides is 1. The molecular formula is C19H21FN4O3. The van der Waals surface area contributed by atoms with Gasteiger partial charge >= 0.3 is 0 Å². The Morgan fingerprint density at radius 3 is 2.41 bits per heavy atom. The number of carbonyl (C=O) groups is 1. The Hall–Kier alpha value is -3.16. The van der Waals surface area contributed by atoms with Gasteiger partial charge in [0, 0.05) is 50.0 Å². The van der Waals surface area contributed by atoms with Gasteiger partial charge < -0.3 is 15.1 Å². The number of hydrogen-bond acceptors (Lipinski definition) is 5. The topological polar surface area (TPSA) is 78.7 Å². The Kier molecular flexibility index (Phi) is 5.54. The number of nitro groups is 1. The van der Waals surface area contributed by atoms with Crippen molar-refractivity contribution in [3.05, 3.63) is 64.0 Å². The van der Waals surface area contributed by atoms with Crippen LogP contribution in [0.1, 0.15) is 17.3 Å². The Morgan fingerprint density at radius 1 is 1.15 bits per heavy atom.